The van der Waals surface area contributed by atoms with Gasteiger partial charge in [-0.25, -0.2) is 4.79 Å². The van der Waals surface area contributed by atoms with Crippen molar-refractivity contribution in [1.29, 1.82) is 0 Å². The zero-order valence-corrected chi connectivity index (χ0v) is 9.70. The molecule has 0 saturated carbocycles. The second-order valence-electron chi connectivity index (χ2n) is 4.79. The third-order valence-electron chi connectivity index (χ3n) is 3.48. The van der Waals surface area contributed by atoms with Crippen molar-refractivity contribution in [2.24, 2.45) is 5.92 Å². The lowest BCUT2D eigenvalue weighted by molar-refractivity contribution is -0.153. The Labute approximate surface area is 99.2 Å². The summed E-state index contributed by atoms with van der Waals surface area (Å²) in [5.41, 5.74) is 0. The number of ether oxygens (including phenoxy) is 1. The molecule has 0 aromatic rings. The van der Waals surface area contributed by atoms with Crippen molar-refractivity contribution >= 4 is 11.9 Å². The predicted molar refractivity (Wildman–Crippen MR) is 57.3 cm³/mol. The number of aliphatic carboxylic acids is 1. The molecule has 2 heterocycles. The van der Waals surface area contributed by atoms with Crippen LogP contribution in [0.1, 0.15) is 19.8 Å². The van der Waals surface area contributed by atoms with Crippen LogP contribution in [0.2, 0.25) is 0 Å². The summed E-state index contributed by atoms with van der Waals surface area (Å²) in [6.45, 7) is 2.53. The lowest BCUT2D eigenvalue weighted by Crippen LogP contribution is -2.46. The second-order valence-corrected chi connectivity index (χ2v) is 4.79. The molecule has 96 valence electrons. The van der Waals surface area contributed by atoms with Crippen LogP contribution >= 0.6 is 0 Å². The van der Waals surface area contributed by atoms with Crippen molar-refractivity contribution in [3.05, 3.63) is 0 Å². The summed E-state index contributed by atoms with van der Waals surface area (Å²) in [6, 6.07) is -0.922. The smallest absolute Gasteiger partial charge is 0.326 e. The first-order valence-corrected chi connectivity index (χ1v) is 5.83. The van der Waals surface area contributed by atoms with Gasteiger partial charge in [0, 0.05) is 19.6 Å². The number of aliphatic hydroxyl groups excluding tert-OH is 1. The molecule has 0 spiro atoms. The molecule has 2 aliphatic rings. The fourth-order valence-corrected chi connectivity index (χ4v) is 2.47. The van der Waals surface area contributed by atoms with Crippen LogP contribution in [0.5, 0.6) is 0 Å². The zero-order valence-electron chi connectivity index (χ0n) is 9.70. The Morgan fingerprint density at radius 1 is 1.41 bits per heavy atom. The molecular formula is C11H17NO5. The van der Waals surface area contributed by atoms with Crippen LogP contribution in [0, 0.1) is 5.92 Å². The van der Waals surface area contributed by atoms with Gasteiger partial charge in [0.1, 0.15) is 12.1 Å². The summed E-state index contributed by atoms with van der Waals surface area (Å²) >= 11 is 0. The number of nitrogens with zero attached hydrogens (tertiary/aromatic N) is 1. The molecule has 6 nitrogen and oxygen atoms in total. The minimum atomic E-state index is -1.07. The molecule has 0 aromatic heterocycles. The van der Waals surface area contributed by atoms with Gasteiger partial charge in [0.15, 0.2) is 0 Å². The molecule has 6 heteroatoms. The highest BCUT2D eigenvalue weighted by Crippen LogP contribution is 2.26. The number of carbonyl (C=O) groups is 2. The molecule has 0 aliphatic carbocycles. The second kappa shape index (κ2) is 4.62. The molecule has 0 radical (unpaired) electrons. The molecular weight excluding hydrogens is 226 g/mol. The molecule has 17 heavy (non-hydrogen) atoms. The Bertz CT molecular complexity index is 332. The van der Waals surface area contributed by atoms with Gasteiger partial charge in [0.2, 0.25) is 0 Å². The maximum atomic E-state index is 12.1. The zero-order chi connectivity index (χ0) is 12.6. The van der Waals surface area contributed by atoms with E-state index in [0.717, 1.165) is 6.42 Å². The van der Waals surface area contributed by atoms with E-state index < -0.39 is 24.2 Å². The van der Waals surface area contributed by atoms with Gasteiger partial charge in [-0.2, -0.15) is 0 Å². The highest BCUT2D eigenvalue weighted by molar-refractivity contribution is 5.87. The first kappa shape index (κ1) is 12.3. The summed E-state index contributed by atoms with van der Waals surface area (Å²) in [7, 11) is 0. The van der Waals surface area contributed by atoms with Gasteiger partial charge in [-0.3, -0.25) is 4.79 Å². The SMILES string of the molecule is CC1CCOC1C(=O)N1C[C@H](O)C[C@H]1C(=O)O. The van der Waals surface area contributed by atoms with Gasteiger partial charge in [-0.1, -0.05) is 6.92 Å². The highest BCUT2D eigenvalue weighted by Gasteiger charge is 2.43. The number of carbonyl (C=O) groups excluding carboxylic acids is 1. The Kier molecular flexibility index (Phi) is 3.35. The molecule has 2 N–H and O–H groups in total. The largest absolute Gasteiger partial charge is 0.480 e. The van der Waals surface area contributed by atoms with Gasteiger partial charge < -0.3 is 19.8 Å². The van der Waals surface area contributed by atoms with Crippen LogP contribution in [0.25, 0.3) is 0 Å². The Hall–Kier alpha value is -1.14. The fourth-order valence-electron chi connectivity index (χ4n) is 2.47. The van der Waals surface area contributed by atoms with Crippen molar-refractivity contribution < 1.29 is 24.5 Å². The summed E-state index contributed by atoms with van der Waals surface area (Å²) < 4.78 is 5.34. The van der Waals surface area contributed by atoms with Gasteiger partial charge in [-0.15, -0.1) is 0 Å². The van der Waals surface area contributed by atoms with Crippen LogP contribution in [-0.4, -0.2) is 58.4 Å². The van der Waals surface area contributed by atoms with E-state index in [1.807, 2.05) is 6.92 Å². The van der Waals surface area contributed by atoms with Crippen molar-refractivity contribution in [3.63, 3.8) is 0 Å². The number of carboxylic acids is 1. The summed E-state index contributed by atoms with van der Waals surface area (Å²) in [5.74, 6) is -1.27. The third kappa shape index (κ3) is 2.28. The first-order chi connectivity index (χ1) is 8.00. The van der Waals surface area contributed by atoms with E-state index in [4.69, 9.17) is 9.84 Å². The number of hydrogen-bond acceptors (Lipinski definition) is 4. The Morgan fingerprint density at radius 3 is 2.65 bits per heavy atom. The van der Waals surface area contributed by atoms with E-state index in [1.54, 1.807) is 0 Å². The van der Waals surface area contributed by atoms with Crippen molar-refractivity contribution in [1.82, 2.24) is 4.90 Å². The Morgan fingerprint density at radius 2 is 2.12 bits per heavy atom. The molecule has 2 saturated heterocycles. The summed E-state index contributed by atoms with van der Waals surface area (Å²) in [5, 5.41) is 18.5. The van der Waals surface area contributed by atoms with Gasteiger partial charge >= 0.3 is 5.97 Å². The lowest BCUT2D eigenvalue weighted by atomic mass is 10.0. The van der Waals surface area contributed by atoms with Crippen molar-refractivity contribution in [2.75, 3.05) is 13.2 Å². The monoisotopic (exact) mass is 243 g/mol. The van der Waals surface area contributed by atoms with Crippen LogP contribution in [-0.2, 0) is 14.3 Å². The third-order valence-corrected chi connectivity index (χ3v) is 3.48. The number of carboxylic acid groups (broad SMARTS) is 1. The minimum absolute atomic E-state index is 0.0857. The fraction of sp³-hybridized carbons (Fsp3) is 0.818. The van der Waals surface area contributed by atoms with E-state index in [9.17, 15) is 14.7 Å². The van der Waals surface area contributed by atoms with E-state index >= 15 is 0 Å². The summed E-state index contributed by atoms with van der Waals surface area (Å²) in [6.07, 6.45) is -0.397. The van der Waals surface area contributed by atoms with Crippen LogP contribution in [0.15, 0.2) is 0 Å². The van der Waals surface area contributed by atoms with Crippen LogP contribution in [0.4, 0.5) is 0 Å². The van der Waals surface area contributed by atoms with Crippen LogP contribution < -0.4 is 0 Å². The van der Waals surface area contributed by atoms with E-state index in [-0.39, 0.29) is 24.8 Å². The molecule has 2 rings (SSSR count). The first-order valence-electron chi connectivity index (χ1n) is 5.83. The lowest BCUT2D eigenvalue weighted by Gasteiger charge is -2.25. The maximum Gasteiger partial charge on any atom is 0.326 e. The average molecular weight is 243 g/mol. The number of amides is 1. The predicted octanol–water partition coefficient (Wildman–Crippen LogP) is -0.542. The molecule has 4 atom stereocenters. The number of β-amino-alcohol motifs (C(OH)–C–C–N with tert-alkyl or cyclic N) is 1. The molecule has 2 fully saturated rings. The number of aliphatic hydroxyl groups is 1. The maximum absolute atomic E-state index is 12.1. The molecule has 0 bridgehead atoms. The van der Waals surface area contributed by atoms with E-state index in [2.05, 4.69) is 0 Å². The highest BCUT2D eigenvalue weighted by atomic mass is 16.5. The molecule has 2 aliphatic heterocycles. The minimum Gasteiger partial charge on any atom is -0.480 e. The van der Waals surface area contributed by atoms with Gasteiger partial charge in [0.25, 0.3) is 5.91 Å². The van der Waals surface area contributed by atoms with E-state index in [1.165, 1.54) is 4.90 Å². The van der Waals surface area contributed by atoms with Gasteiger partial charge in [-0.05, 0) is 12.3 Å². The normalized spacial score (nSPS) is 37.4. The van der Waals surface area contributed by atoms with Crippen molar-refractivity contribution in [3.8, 4) is 0 Å². The van der Waals surface area contributed by atoms with Gasteiger partial charge in [0.05, 0.1) is 6.10 Å². The standard InChI is InChI=1S/C11H17NO5/c1-6-2-3-17-9(6)10(14)12-5-7(13)4-8(12)11(15)16/h6-9,13H,2-5H2,1H3,(H,15,16)/t6?,7-,8+,9?/m1/s1. The molecule has 0 aromatic carbocycles. The quantitative estimate of drug-likeness (QED) is 0.680. The molecule has 2 unspecified atom stereocenters. The molecule has 1 amide bonds. The number of rotatable bonds is 2. The average Bonchev–Trinajstić information content (AvgIpc) is 2.83. The topological polar surface area (TPSA) is 87.1 Å². The number of hydrogen-bond donors (Lipinski definition) is 2. The number of likely N-dealkylation sites (tertiary alicyclic amines) is 1. The van der Waals surface area contributed by atoms with Crippen LogP contribution in [0.3, 0.4) is 0 Å². The summed E-state index contributed by atoms with van der Waals surface area (Å²) in [4.78, 5) is 24.4. The van der Waals surface area contributed by atoms with Crippen molar-refractivity contribution in [2.45, 2.75) is 38.0 Å². The Balaban J connectivity index is 2.10. The van der Waals surface area contributed by atoms with E-state index in [0.29, 0.717) is 6.61 Å².